The lowest BCUT2D eigenvalue weighted by atomic mass is 10.0. The van der Waals surface area contributed by atoms with Gasteiger partial charge in [-0.15, -0.1) is 23.4 Å². The number of carbonyl (C=O) groups is 4. The third kappa shape index (κ3) is 5.73. The number of nitrogens with zero attached hydrogens (tertiary/aromatic N) is 4. The Labute approximate surface area is 219 Å². The molecule has 2 aliphatic rings. The van der Waals surface area contributed by atoms with Gasteiger partial charge in [0.15, 0.2) is 5.13 Å². The Kier molecular flexibility index (Phi) is 7.86. The van der Waals surface area contributed by atoms with Crippen LogP contribution in [0.3, 0.4) is 0 Å². The number of hydrogen-bond acceptors (Lipinski definition) is 12. The van der Waals surface area contributed by atoms with Gasteiger partial charge < -0.3 is 25.7 Å². The van der Waals surface area contributed by atoms with E-state index in [2.05, 4.69) is 19.8 Å². The summed E-state index contributed by atoms with van der Waals surface area (Å²) in [5.74, 6) is -3.45. The van der Waals surface area contributed by atoms with Crippen molar-refractivity contribution in [3.8, 4) is 0 Å². The molecule has 0 aliphatic carbocycles. The fourth-order valence-electron chi connectivity index (χ4n) is 3.11. The molecule has 3 rings (SSSR count). The number of nitrogen functional groups attached to an aromatic ring is 1. The quantitative estimate of drug-likeness (QED) is 0.135. The maximum absolute atomic E-state index is 13.1. The van der Waals surface area contributed by atoms with Crippen LogP contribution in [0, 0.1) is 0 Å². The summed E-state index contributed by atoms with van der Waals surface area (Å²) in [4.78, 5) is 60.5. The molecule has 0 aromatic carbocycles. The van der Waals surface area contributed by atoms with Gasteiger partial charge in [0, 0.05) is 23.2 Å². The van der Waals surface area contributed by atoms with Crippen molar-refractivity contribution in [2.24, 2.45) is 5.16 Å². The number of thioether (sulfide) groups is 1. The number of aliphatic carboxylic acids is 1. The number of ether oxygens (including phenoxy) is 1. The van der Waals surface area contributed by atoms with Crippen LogP contribution in [0.5, 0.6) is 0 Å². The molecular formula is C20H25ClN6O7S2. The number of anilines is 1. The molecule has 36 heavy (non-hydrogen) atoms. The normalized spacial score (nSPS) is 20.4. The minimum Gasteiger partial charge on any atom is -0.477 e. The zero-order valence-electron chi connectivity index (χ0n) is 20.0. The van der Waals surface area contributed by atoms with E-state index in [1.54, 1.807) is 20.8 Å². The summed E-state index contributed by atoms with van der Waals surface area (Å²) < 4.78 is 9.29. The number of carbonyl (C=O) groups excluding carboxylic acids is 3. The number of amides is 2. The summed E-state index contributed by atoms with van der Waals surface area (Å²) in [6, 6.07) is -1.05. The van der Waals surface area contributed by atoms with Crippen molar-refractivity contribution in [1.29, 1.82) is 0 Å². The molecule has 2 atom stereocenters. The number of nitrogens with one attached hydrogen (secondary N) is 1. The molecule has 1 aromatic rings. The molecule has 0 saturated carbocycles. The number of alkyl halides is 1. The van der Waals surface area contributed by atoms with Gasteiger partial charge >= 0.3 is 11.9 Å². The average Bonchev–Trinajstić information content (AvgIpc) is 3.20. The van der Waals surface area contributed by atoms with Gasteiger partial charge in [-0.25, -0.2) is 9.59 Å². The monoisotopic (exact) mass is 560 g/mol. The lowest BCUT2D eigenvalue weighted by Gasteiger charge is -2.49. The van der Waals surface area contributed by atoms with Gasteiger partial charge in [0.1, 0.15) is 22.7 Å². The Hall–Kier alpha value is -2.91. The van der Waals surface area contributed by atoms with E-state index in [4.69, 9.17) is 26.9 Å². The molecule has 1 fully saturated rings. The van der Waals surface area contributed by atoms with Crippen molar-refractivity contribution in [1.82, 2.24) is 19.6 Å². The standard InChI is InChI=1S/C20H25ClN6O7S2/c1-19(2,3)33-17(32)20(4,5)34-25-9(12-24-18(22)36-26-12)13(28)23-10-14(29)27-11(16(30)31)8(6-21)7-35-15(10)27/h10,15H,6-7H2,1-5H3,(H,23,28)(H,30,31)(H2,22,24,26)/b25-9-/t10-,15+/m1/s1. The zero-order chi connectivity index (χ0) is 27.0. The van der Waals surface area contributed by atoms with Gasteiger partial charge in [-0.05, 0) is 40.2 Å². The second-order valence-electron chi connectivity index (χ2n) is 9.25. The summed E-state index contributed by atoms with van der Waals surface area (Å²) in [7, 11) is 0. The number of fused-ring (bicyclic) bond motifs is 1. The summed E-state index contributed by atoms with van der Waals surface area (Å²) >= 11 is 7.91. The highest BCUT2D eigenvalue weighted by Crippen LogP contribution is 2.40. The molecule has 0 bridgehead atoms. The van der Waals surface area contributed by atoms with Crippen LogP contribution >= 0.6 is 34.9 Å². The first-order chi connectivity index (χ1) is 16.7. The number of esters is 1. The molecule has 13 nitrogen and oxygen atoms in total. The highest BCUT2D eigenvalue weighted by molar-refractivity contribution is 8.00. The van der Waals surface area contributed by atoms with E-state index in [1.165, 1.54) is 25.6 Å². The van der Waals surface area contributed by atoms with E-state index < -0.39 is 52.1 Å². The summed E-state index contributed by atoms with van der Waals surface area (Å²) in [6.07, 6.45) is 0. The molecule has 0 radical (unpaired) electrons. The maximum atomic E-state index is 13.1. The van der Waals surface area contributed by atoms with Crippen molar-refractivity contribution >= 4 is 69.5 Å². The minimum absolute atomic E-state index is 0.0410. The number of aromatic nitrogens is 2. The van der Waals surface area contributed by atoms with Crippen LogP contribution in [0.15, 0.2) is 16.4 Å². The molecule has 1 saturated heterocycles. The predicted octanol–water partition coefficient (Wildman–Crippen LogP) is 0.939. The van der Waals surface area contributed by atoms with Crippen molar-refractivity contribution in [3.05, 3.63) is 17.1 Å². The van der Waals surface area contributed by atoms with Crippen LogP contribution in [-0.4, -0.2) is 83.1 Å². The molecule has 0 unspecified atom stereocenters. The number of carboxylic acids is 1. The Morgan fingerprint density at radius 2 is 1.97 bits per heavy atom. The van der Waals surface area contributed by atoms with Crippen molar-refractivity contribution in [2.75, 3.05) is 17.4 Å². The number of carboxylic acid groups (broad SMARTS) is 1. The van der Waals surface area contributed by atoms with Crippen LogP contribution in [0.1, 0.15) is 40.4 Å². The maximum Gasteiger partial charge on any atom is 0.353 e. The van der Waals surface area contributed by atoms with E-state index in [9.17, 15) is 24.3 Å². The lowest BCUT2D eigenvalue weighted by molar-refractivity contribution is -0.179. The van der Waals surface area contributed by atoms with Crippen LogP contribution in [0.4, 0.5) is 5.13 Å². The van der Waals surface area contributed by atoms with Crippen LogP contribution < -0.4 is 11.1 Å². The predicted molar refractivity (Wildman–Crippen MR) is 132 cm³/mol. The third-order valence-electron chi connectivity index (χ3n) is 4.82. The van der Waals surface area contributed by atoms with Gasteiger partial charge in [-0.2, -0.15) is 9.36 Å². The SMILES string of the molecule is CC(C)(C)OC(=O)C(C)(C)O/N=C(\C(=O)N[C@@H]1C(=O)N2C(C(=O)O)=C(CCl)CS[C@@H]12)c1nsc(N)n1. The molecule has 0 spiro atoms. The first-order valence-corrected chi connectivity index (χ1v) is 12.9. The van der Waals surface area contributed by atoms with Gasteiger partial charge in [0.2, 0.25) is 17.1 Å². The van der Waals surface area contributed by atoms with E-state index in [0.717, 1.165) is 16.4 Å². The first kappa shape index (κ1) is 27.7. The smallest absolute Gasteiger partial charge is 0.353 e. The molecule has 4 N–H and O–H groups in total. The largest absolute Gasteiger partial charge is 0.477 e. The van der Waals surface area contributed by atoms with E-state index in [-0.39, 0.29) is 28.3 Å². The Morgan fingerprint density at radius 1 is 1.31 bits per heavy atom. The van der Waals surface area contributed by atoms with E-state index >= 15 is 0 Å². The average molecular weight is 561 g/mol. The molecule has 196 valence electrons. The number of hydrogen-bond donors (Lipinski definition) is 3. The molecule has 1 aromatic heterocycles. The summed E-state index contributed by atoms with van der Waals surface area (Å²) in [6.45, 7) is 7.88. The topological polar surface area (TPSA) is 186 Å². The van der Waals surface area contributed by atoms with E-state index in [1.807, 2.05) is 0 Å². The number of nitrogens with two attached hydrogens (primary N) is 1. The number of halogens is 1. The zero-order valence-corrected chi connectivity index (χ0v) is 22.4. The second kappa shape index (κ2) is 10.2. The van der Waals surface area contributed by atoms with Gasteiger partial charge in [0.25, 0.3) is 11.8 Å². The summed E-state index contributed by atoms with van der Waals surface area (Å²) in [5.41, 5.74) is 3.07. The number of oxime groups is 1. The first-order valence-electron chi connectivity index (χ1n) is 10.5. The van der Waals surface area contributed by atoms with Gasteiger partial charge in [-0.3, -0.25) is 14.5 Å². The Bertz CT molecular complexity index is 1160. The number of β-lactam (4-membered cyclic amide) rings is 1. The third-order valence-corrected chi connectivity index (χ3v) is 7.03. The van der Waals surface area contributed by atoms with Crippen molar-refractivity contribution in [3.63, 3.8) is 0 Å². The van der Waals surface area contributed by atoms with Gasteiger partial charge in [0.05, 0.1) is 0 Å². The minimum atomic E-state index is -1.58. The Balaban J connectivity index is 1.82. The van der Waals surface area contributed by atoms with Crippen LogP contribution in [0.25, 0.3) is 0 Å². The highest BCUT2D eigenvalue weighted by atomic mass is 35.5. The Morgan fingerprint density at radius 3 is 2.50 bits per heavy atom. The van der Waals surface area contributed by atoms with Crippen LogP contribution in [0.2, 0.25) is 0 Å². The second-order valence-corrected chi connectivity index (χ2v) is 11.4. The molecule has 2 amide bonds. The molecule has 2 aliphatic heterocycles. The van der Waals surface area contributed by atoms with Gasteiger partial charge in [-0.1, -0.05) is 5.16 Å². The highest BCUT2D eigenvalue weighted by Gasteiger charge is 2.54. The van der Waals surface area contributed by atoms with E-state index in [0.29, 0.717) is 5.57 Å². The van der Waals surface area contributed by atoms with Crippen LogP contribution in [-0.2, 0) is 28.8 Å². The number of rotatable bonds is 8. The lowest BCUT2D eigenvalue weighted by Crippen LogP contribution is -2.71. The van der Waals surface area contributed by atoms with Crippen molar-refractivity contribution < 1.29 is 33.9 Å². The fourth-order valence-corrected chi connectivity index (χ4v) is 5.22. The molecular weight excluding hydrogens is 536 g/mol. The molecule has 16 heteroatoms. The molecule has 3 heterocycles. The summed E-state index contributed by atoms with van der Waals surface area (Å²) in [5, 5.41) is 15.3. The fraction of sp³-hybridized carbons (Fsp3) is 0.550. The van der Waals surface area contributed by atoms with Crippen molar-refractivity contribution in [2.45, 2.75) is 57.2 Å².